The van der Waals surface area contributed by atoms with Crippen molar-refractivity contribution in [3.8, 4) is 23.0 Å². The third-order valence-corrected chi connectivity index (χ3v) is 13.0. The number of benzene rings is 6. The molecule has 316 valence electrons. The molecular formula is C52H36O12. The number of carbonyl (C=O) groups is 4. The van der Waals surface area contributed by atoms with Crippen LogP contribution in [0, 0.1) is 0 Å². The molecule has 0 radical (unpaired) electrons. The van der Waals surface area contributed by atoms with E-state index in [1.54, 1.807) is 48.5 Å². The summed E-state index contributed by atoms with van der Waals surface area (Å²) in [6.45, 7) is 0.819. The number of carboxylic acid groups (broad SMARTS) is 4. The van der Waals surface area contributed by atoms with Crippen molar-refractivity contribution in [2.75, 3.05) is 0 Å². The molecule has 0 saturated heterocycles. The highest BCUT2D eigenvalue weighted by molar-refractivity contribution is 6.06. The molecule has 0 saturated carbocycles. The maximum Gasteiger partial charge on any atom is 0.333 e. The monoisotopic (exact) mass is 852 g/mol. The van der Waals surface area contributed by atoms with Crippen molar-refractivity contribution in [2.24, 2.45) is 0 Å². The van der Waals surface area contributed by atoms with E-state index in [2.05, 4.69) is 0 Å². The average Bonchev–Trinajstić information content (AvgIpc) is 3.30. The lowest BCUT2D eigenvalue weighted by Gasteiger charge is -2.41. The Balaban J connectivity index is 0.950. The summed E-state index contributed by atoms with van der Waals surface area (Å²) in [5, 5.41) is 41.7. The van der Waals surface area contributed by atoms with Crippen LogP contribution in [0.25, 0.3) is 0 Å². The van der Waals surface area contributed by atoms with E-state index < -0.39 is 47.5 Å². The molecule has 12 nitrogen and oxygen atoms in total. The van der Waals surface area contributed by atoms with Gasteiger partial charge in [0.15, 0.2) is 0 Å². The minimum atomic E-state index is -1.29. The summed E-state index contributed by atoms with van der Waals surface area (Å²) in [5.74, 6) is -6.46. The third-order valence-electron chi connectivity index (χ3n) is 13.0. The molecule has 0 amide bonds. The van der Waals surface area contributed by atoms with E-state index in [1.165, 1.54) is 0 Å². The van der Waals surface area contributed by atoms with Crippen molar-refractivity contribution in [1.82, 2.24) is 0 Å². The molecule has 16 heterocycles. The van der Waals surface area contributed by atoms with Crippen molar-refractivity contribution in [3.63, 3.8) is 0 Å². The topological polar surface area (TPSA) is 186 Å². The molecule has 4 unspecified atom stereocenters. The predicted molar refractivity (Wildman–Crippen MR) is 228 cm³/mol. The quantitative estimate of drug-likeness (QED) is 0.133. The lowest BCUT2D eigenvalue weighted by Crippen LogP contribution is -2.34. The second-order valence-electron chi connectivity index (χ2n) is 16.6. The normalized spacial score (nSPS) is 19.9. The Kier molecular flexibility index (Phi) is 8.95. The van der Waals surface area contributed by atoms with Gasteiger partial charge in [0.1, 0.15) is 49.4 Å². The summed E-state index contributed by atoms with van der Waals surface area (Å²) in [5.41, 5.74) is 8.33. The minimum absolute atomic E-state index is 0.162. The van der Waals surface area contributed by atoms with E-state index >= 15 is 0 Å². The lowest BCUT2D eigenvalue weighted by molar-refractivity contribution is -0.136. The summed E-state index contributed by atoms with van der Waals surface area (Å²) in [4.78, 5) is 51.1. The minimum Gasteiger partial charge on any atom is -0.489 e. The Labute approximate surface area is 364 Å². The van der Waals surface area contributed by atoms with Gasteiger partial charge in [-0.05, 0) is 115 Å². The summed E-state index contributed by atoms with van der Waals surface area (Å²) >= 11 is 0. The van der Waals surface area contributed by atoms with Crippen molar-refractivity contribution in [1.29, 1.82) is 0 Å². The summed E-state index contributed by atoms with van der Waals surface area (Å²) in [6.07, 6.45) is 0. The fourth-order valence-electron chi connectivity index (χ4n) is 10.2. The van der Waals surface area contributed by atoms with Gasteiger partial charge in [0, 0.05) is 23.7 Å². The summed E-state index contributed by atoms with van der Waals surface area (Å²) < 4.78 is 24.9. The molecule has 4 atom stereocenters. The Morgan fingerprint density at radius 3 is 0.703 bits per heavy atom. The number of hydrogen-bond donors (Lipinski definition) is 4. The first-order chi connectivity index (χ1) is 31.0. The van der Waals surface area contributed by atoms with Crippen LogP contribution < -0.4 is 18.9 Å². The van der Waals surface area contributed by atoms with E-state index in [-0.39, 0.29) is 48.7 Å². The second kappa shape index (κ2) is 14.8. The number of aliphatic carboxylic acids is 4. The molecule has 16 aliphatic heterocycles. The highest BCUT2D eigenvalue weighted by atomic mass is 16.5. The Morgan fingerprint density at radius 1 is 0.312 bits per heavy atom. The largest absolute Gasteiger partial charge is 0.489 e. The van der Waals surface area contributed by atoms with Crippen molar-refractivity contribution in [2.45, 2.75) is 50.1 Å². The van der Waals surface area contributed by atoms with Crippen LogP contribution in [-0.4, -0.2) is 44.3 Å². The van der Waals surface area contributed by atoms with Crippen LogP contribution in [0.1, 0.15) is 90.4 Å². The standard InChI is InChI=1S/C52H36O12/c53-49(54)45-41-35-15-11-31-19-39(35)42(46(45)50(55)56)33-13-9-29(17-37(33)41)61-21-25-1-2-26(4-3-25)22-62-30-10-14-34-38(18-30)43-36-16-12-32(64-24-28-7-5-27(6-8-28)23-63-31)20-40(36)44(34)48(52(59)60)47(43)51(57)58/h1-20,41-44H,21-24H2,(H,53,54)(H,55,56)(H,57,58)(H,59,60). The van der Waals surface area contributed by atoms with Gasteiger partial charge in [0.2, 0.25) is 0 Å². The zero-order chi connectivity index (χ0) is 44.0. The molecule has 12 heteroatoms. The van der Waals surface area contributed by atoms with E-state index in [4.69, 9.17) is 18.9 Å². The lowest BCUT2D eigenvalue weighted by atomic mass is 9.61. The molecule has 28 rings (SSSR count). The zero-order valence-corrected chi connectivity index (χ0v) is 33.7. The van der Waals surface area contributed by atoms with Crippen molar-refractivity contribution >= 4 is 23.9 Å². The Morgan fingerprint density at radius 2 is 0.516 bits per heavy atom. The van der Waals surface area contributed by atoms with Crippen LogP contribution in [-0.2, 0) is 45.6 Å². The number of rotatable bonds is 4. The summed E-state index contributed by atoms with van der Waals surface area (Å²) in [7, 11) is 0. The van der Waals surface area contributed by atoms with E-state index in [9.17, 15) is 39.6 Å². The first kappa shape index (κ1) is 38.8. The van der Waals surface area contributed by atoms with E-state index in [0.29, 0.717) is 67.5 Å². The van der Waals surface area contributed by atoms with Gasteiger partial charge in [-0.15, -0.1) is 0 Å². The maximum atomic E-state index is 12.8. The van der Waals surface area contributed by atoms with Crippen LogP contribution in [0.5, 0.6) is 23.0 Å². The molecule has 0 aromatic heterocycles. The first-order valence-electron chi connectivity index (χ1n) is 20.7. The van der Waals surface area contributed by atoms with Crippen LogP contribution in [0.4, 0.5) is 0 Å². The van der Waals surface area contributed by atoms with E-state index in [1.807, 2.05) is 72.8 Å². The molecule has 20 bridgehead atoms. The van der Waals surface area contributed by atoms with Gasteiger partial charge >= 0.3 is 23.9 Å². The molecule has 64 heavy (non-hydrogen) atoms. The van der Waals surface area contributed by atoms with E-state index in [0.717, 1.165) is 22.3 Å². The first-order valence-corrected chi connectivity index (χ1v) is 20.7. The fourth-order valence-corrected chi connectivity index (χ4v) is 10.2. The molecular weight excluding hydrogens is 817 g/mol. The highest BCUT2D eigenvalue weighted by Crippen LogP contribution is 2.58. The molecule has 6 aromatic carbocycles. The van der Waals surface area contributed by atoms with Crippen LogP contribution in [0.3, 0.4) is 0 Å². The fraction of sp³-hybridized carbons (Fsp3) is 0.154. The van der Waals surface area contributed by atoms with Gasteiger partial charge in [-0.1, -0.05) is 72.8 Å². The Bertz CT molecular complexity index is 2670. The third kappa shape index (κ3) is 6.20. The van der Waals surface area contributed by atoms with Gasteiger partial charge in [-0.25, -0.2) is 19.2 Å². The molecule has 0 fully saturated rings. The SMILES string of the molecule is O=C(O)C1=C(C(=O)O)C2c3ccc4cc3C1c1ccc(cc12)OCc1ccc(cc1)COc1ccc2c(c1)C1C(C(=O)O)=C(C(=O)O)C2c2cc(ccc21)OCc1ccc(cc1)CO4. The second-order valence-corrected chi connectivity index (χ2v) is 16.6. The molecule has 6 aliphatic carbocycles. The maximum absolute atomic E-state index is 12.8. The molecule has 0 spiro atoms. The van der Waals surface area contributed by atoms with Gasteiger partial charge < -0.3 is 39.4 Å². The smallest absolute Gasteiger partial charge is 0.333 e. The zero-order valence-electron chi connectivity index (χ0n) is 33.7. The van der Waals surface area contributed by atoms with Crippen LogP contribution >= 0.6 is 0 Å². The molecule has 22 aliphatic rings. The predicted octanol–water partition coefficient (Wildman–Crippen LogP) is 8.43. The van der Waals surface area contributed by atoms with Gasteiger partial charge in [-0.2, -0.15) is 0 Å². The summed E-state index contributed by atoms with van der Waals surface area (Å²) in [6, 6.07) is 36.9. The van der Waals surface area contributed by atoms with Crippen molar-refractivity contribution in [3.05, 3.63) is 210 Å². The number of carboxylic acids is 4. The number of ether oxygens (including phenoxy) is 4. The molecule has 6 aromatic rings. The van der Waals surface area contributed by atoms with Gasteiger partial charge in [0.05, 0.1) is 22.3 Å². The highest BCUT2D eigenvalue weighted by Gasteiger charge is 2.49. The average molecular weight is 853 g/mol. The molecule has 4 N–H and O–H groups in total. The van der Waals surface area contributed by atoms with Crippen molar-refractivity contribution < 1.29 is 58.6 Å². The Hall–Kier alpha value is -8.12. The van der Waals surface area contributed by atoms with Gasteiger partial charge in [-0.3, -0.25) is 0 Å². The van der Waals surface area contributed by atoms with Crippen LogP contribution in [0.15, 0.2) is 144 Å². The number of hydrogen-bond acceptors (Lipinski definition) is 8. The van der Waals surface area contributed by atoms with Gasteiger partial charge in [0.25, 0.3) is 0 Å². The van der Waals surface area contributed by atoms with Crippen LogP contribution in [0.2, 0.25) is 0 Å².